The van der Waals surface area contributed by atoms with Gasteiger partial charge in [-0.05, 0) is 65.2 Å². The highest BCUT2D eigenvalue weighted by atomic mass is 15.2. The van der Waals surface area contributed by atoms with E-state index in [1.54, 1.807) is 0 Å². The van der Waals surface area contributed by atoms with E-state index < -0.39 is 0 Å². The zero-order chi connectivity index (χ0) is 14.5. The Bertz CT molecular complexity index is 281. The number of rotatable bonds is 6. The second-order valence-corrected chi connectivity index (χ2v) is 6.91. The summed E-state index contributed by atoms with van der Waals surface area (Å²) in [5, 5.41) is 3.57. The molecule has 1 aliphatic carbocycles. The van der Waals surface area contributed by atoms with Crippen LogP contribution in [0.25, 0.3) is 0 Å². The highest BCUT2D eigenvalue weighted by Crippen LogP contribution is 2.30. The number of nitrogens with one attached hydrogen (secondary N) is 1. The lowest BCUT2D eigenvalue weighted by atomic mass is 9.80. The fraction of sp³-hybridized carbons (Fsp3) is 1.00. The van der Waals surface area contributed by atoms with Crippen LogP contribution in [0.4, 0.5) is 0 Å². The Hall–Kier alpha value is -0.120. The van der Waals surface area contributed by atoms with Crippen molar-refractivity contribution < 1.29 is 0 Å². The van der Waals surface area contributed by atoms with Crippen molar-refractivity contribution in [2.45, 2.75) is 70.5 Å². The highest BCUT2D eigenvalue weighted by Gasteiger charge is 2.33. The molecule has 1 heterocycles. The van der Waals surface area contributed by atoms with Crippen LogP contribution in [0.5, 0.6) is 0 Å². The van der Waals surface area contributed by atoms with E-state index in [0.29, 0.717) is 6.04 Å². The predicted molar refractivity (Wildman–Crippen MR) is 87.2 cm³/mol. The first-order valence-electron chi connectivity index (χ1n) is 8.81. The maximum atomic E-state index is 3.57. The summed E-state index contributed by atoms with van der Waals surface area (Å²) in [5.41, 5.74) is 0. The number of likely N-dealkylation sites (tertiary alicyclic amines) is 1. The Labute approximate surface area is 126 Å². The summed E-state index contributed by atoms with van der Waals surface area (Å²) in [7, 11) is 4.50. The molecule has 4 atom stereocenters. The fourth-order valence-electron chi connectivity index (χ4n) is 4.41. The van der Waals surface area contributed by atoms with Crippen LogP contribution in [0.1, 0.15) is 52.4 Å². The summed E-state index contributed by atoms with van der Waals surface area (Å²) in [6.45, 7) is 8.45. The Morgan fingerprint density at radius 2 is 2.00 bits per heavy atom. The molecule has 0 aromatic heterocycles. The molecule has 1 saturated heterocycles. The van der Waals surface area contributed by atoms with E-state index in [1.807, 2.05) is 0 Å². The van der Waals surface area contributed by atoms with Crippen molar-refractivity contribution in [1.29, 1.82) is 0 Å². The maximum Gasteiger partial charge on any atom is 0.0249 e. The molecule has 20 heavy (non-hydrogen) atoms. The number of hydrogen-bond acceptors (Lipinski definition) is 3. The molecular weight excluding hydrogens is 246 g/mol. The number of likely N-dealkylation sites (N-methyl/N-ethyl adjacent to an activating group) is 3. The lowest BCUT2D eigenvalue weighted by molar-refractivity contribution is 0.0952. The van der Waals surface area contributed by atoms with Gasteiger partial charge in [-0.2, -0.15) is 0 Å². The van der Waals surface area contributed by atoms with E-state index in [-0.39, 0.29) is 0 Å². The van der Waals surface area contributed by atoms with Crippen LogP contribution in [0.2, 0.25) is 0 Å². The molecule has 4 unspecified atom stereocenters. The van der Waals surface area contributed by atoms with Gasteiger partial charge >= 0.3 is 0 Å². The Morgan fingerprint density at radius 1 is 1.20 bits per heavy atom. The quantitative estimate of drug-likeness (QED) is 0.807. The van der Waals surface area contributed by atoms with E-state index in [9.17, 15) is 0 Å². The minimum atomic E-state index is 0.694. The largest absolute Gasteiger partial charge is 0.315 e. The summed E-state index contributed by atoms with van der Waals surface area (Å²) in [4.78, 5) is 5.34. The van der Waals surface area contributed by atoms with E-state index in [4.69, 9.17) is 0 Å². The minimum Gasteiger partial charge on any atom is -0.315 e. The second-order valence-electron chi connectivity index (χ2n) is 6.91. The van der Waals surface area contributed by atoms with Crippen molar-refractivity contribution in [2.24, 2.45) is 5.92 Å². The third kappa shape index (κ3) is 3.75. The van der Waals surface area contributed by atoms with Gasteiger partial charge in [0, 0.05) is 24.7 Å². The SMILES string of the molecule is CCC1CCC(NC)C(N(C)CC2CCCN2CC)C1. The van der Waals surface area contributed by atoms with Crippen molar-refractivity contribution >= 4 is 0 Å². The maximum absolute atomic E-state index is 3.57. The monoisotopic (exact) mass is 281 g/mol. The summed E-state index contributed by atoms with van der Waals surface area (Å²) < 4.78 is 0. The Kier molecular flexibility index (Phi) is 6.31. The van der Waals surface area contributed by atoms with E-state index in [1.165, 1.54) is 58.2 Å². The first-order chi connectivity index (χ1) is 9.69. The molecular formula is C17H35N3. The average molecular weight is 281 g/mol. The molecule has 0 aromatic rings. The Balaban J connectivity index is 1.92. The van der Waals surface area contributed by atoms with Crippen molar-refractivity contribution in [1.82, 2.24) is 15.1 Å². The standard InChI is InChI=1S/C17H35N3/c1-5-14-9-10-16(18-3)17(12-14)19(4)13-15-8-7-11-20(15)6-2/h14-18H,5-13H2,1-4H3. The van der Waals surface area contributed by atoms with Gasteiger partial charge < -0.3 is 10.2 Å². The van der Waals surface area contributed by atoms with Gasteiger partial charge in [0.2, 0.25) is 0 Å². The average Bonchev–Trinajstić information content (AvgIpc) is 2.93. The summed E-state index contributed by atoms with van der Waals surface area (Å²) in [6.07, 6.45) is 8.29. The zero-order valence-electron chi connectivity index (χ0n) is 14.1. The van der Waals surface area contributed by atoms with Crippen molar-refractivity contribution in [2.75, 3.05) is 33.7 Å². The molecule has 0 aromatic carbocycles. The van der Waals surface area contributed by atoms with Gasteiger partial charge in [-0.15, -0.1) is 0 Å². The smallest absolute Gasteiger partial charge is 0.0249 e. The van der Waals surface area contributed by atoms with Crippen molar-refractivity contribution in [3.63, 3.8) is 0 Å². The number of hydrogen-bond donors (Lipinski definition) is 1. The van der Waals surface area contributed by atoms with Crippen LogP contribution in [-0.4, -0.2) is 61.7 Å². The molecule has 0 bridgehead atoms. The molecule has 0 spiro atoms. The molecule has 2 aliphatic rings. The van der Waals surface area contributed by atoms with Crippen LogP contribution in [0.15, 0.2) is 0 Å². The van der Waals surface area contributed by atoms with E-state index in [0.717, 1.165) is 18.0 Å². The molecule has 1 N–H and O–H groups in total. The second kappa shape index (κ2) is 7.77. The molecule has 118 valence electrons. The molecule has 1 saturated carbocycles. The van der Waals surface area contributed by atoms with Crippen molar-refractivity contribution in [3.05, 3.63) is 0 Å². The van der Waals surface area contributed by atoms with Gasteiger partial charge in [0.1, 0.15) is 0 Å². The normalized spacial score (nSPS) is 35.9. The molecule has 2 fully saturated rings. The number of nitrogens with zero attached hydrogens (tertiary/aromatic N) is 2. The first kappa shape index (κ1) is 16.3. The molecule has 3 heteroatoms. The zero-order valence-corrected chi connectivity index (χ0v) is 14.1. The van der Waals surface area contributed by atoms with Gasteiger partial charge in [-0.3, -0.25) is 4.90 Å². The van der Waals surface area contributed by atoms with E-state index >= 15 is 0 Å². The summed E-state index contributed by atoms with van der Waals surface area (Å²) >= 11 is 0. The van der Waals surface area contributed by atoms with Gasteiger partial charge in [-0.1, -0.05) is 20.3 Å². The first-order valence-corrected chi connectivity index (χ1v) is 8.81. The van der Waals surface area contributed by atoms with Gasteiger partial charge in [0.15, 0.2) is 0 Å². The molecule has 0 amide bonds. The van der Waals surface area contributed by atoms with Gasteiger partial charge in [0.05, 0.1) is 0 Å². The lowest BCUT2D eigenvalue weighted by Gasteiger charge is -2.42. The van der Waals surface area contributed by atoms with Crippen LogP contribution in [0, 0.1) is 5.92 Å². The van der Waals surface area contributed by atoms with Crippen LogP contribution in [0.3, 0.4) is 0 Å². The van der Waals surface area contributed by atoms with E-state index in [2.05, 4.69) is 43.1 Å². The van der Waals surface area contributed by atoms with Crippen LogP contribution in [-0.2, 0) is 0 Å². The third-order valence-electron chi connectivity index (χ3n) is 5.84. The lowest BCUT2D eigenvalue weighted by Crippen LogP contribution is -2.53. The van der Waals surface area contributed by atoms with Gasteiger partial charge in [0.25, 0.3) is 0 Å². The topological polar surface area (TPSA) is 18.5 Å². The predicted octanol–water partition coefficient (Wildman–Crippen LogP) is 2.57. The highest BCUT2D eigenvalue weighted by molar-refractivity contribution is 4.91. The third-order valence-corrected chi connectivity index (χ3v) is 5.84. The molecule has 3 nitrogen and oxygen atoms in total. The summed E-state index contributed by atoms with van der Waals surface area (Å²) in [6, 6.07) is 2.22. The van der Waals surface area contributed by atoms with Gasteiger partial charge in [-0.25, -0.2) is 0 Å². The van der Waals surface area contributed by atoms with Crippen LogP contribution >= 0.6 is 0 Å². The van der Waals surface area contributed by atoms with Crippen molar-refractivity contribution in [3.8, 4) is 0 Å². The van der Waals surface area contributed by atoms with Crippen LogP contribution < -0.4 is 5.32 Å². The molecule has 1 aliphatic heterocycles. The molecule has 2 rings (SSSR count). The minimum absolute atomic E-state index is 0.694. The Morgan fingerprint density at radius 3 is 2.65 bits per heavy atom. The molecule has 0 radical (unpaired) electrons. The summed E-state index contributed by atoms with van der Waals surface area (Å²) in [5.74, 6) is 0.943. The fourth-order valence-corrected chi connectivity index (χ4v) is 4.41.